The highest BCUT2D eigenvalue weighted by Crippen LogP contribution is 2.33. The fraction of sp³-hybridized carbons (Fsp3) is 0.357. The van der Waals surface area contributed by atoms with Crippen LogP contribution in [-0.2, 0) is 0 Å². The number of nitrogens with two attached hydrogens (primary N) is 1. The molecule has 3 rings (SSSR count). The van der Waals surface area contributed by atoms with Crippen LogP contribution in [0.15, 0.2) is 28.7 Å². The van der Waals surface area contributed by atoms with Gasteiger partial charge in [0.2, 0.25) is 0 Å². The predicted octanol–water partition coefficient (Wildman–Crippen LogP) is 2.54. The van der Waals surface area contributed by atoms with E-state index in [1.54, 1.807) is 18.2 Å². The van der Waals surface area contributed by atoms with Crippen LogP contribution in [-0.4, -0.2) is 11.9 Å². The number of hydrogen-bond donors (Lipinski definition) is 2. The molecular formula is C14H16N2O2. The molecule has 0 radical (unpaired) electrons. The maximum absolute atomic E-state index is 12.0. The molecule has 0 spiro atoms. The number of benzene rings is 1. The van der Waals surface area contributed by atoms with Gasteiger partial charge in [0, 0.05) is 17.1 Å². The number of furan rings is 1. The van der Waals surface area contributed by atoms with Crippen molar-refractivity contribution in [3.63, 3.8) is 0 Å². The van der Waals surface area contributed by atoms with Gasteiger partial charge in [-0.1, -0.05) is 13.3 Å². The molecule has 1 aliphatic carbocycles. The molecule has 2 atom stereocenters. The molecular weight excluding hydrogens is 228 g/mol. The van der Waals surface area contributed by atoms with Gasteiger partial charge < -0.3 is 15.5 Å². The van der Waals surface area contributed by atoms with E-state index >= 15 is 0 Å². The van der Waals surface area contributed by atoms with E-state index in [4.69, 9.17) is 10.2 Å². The van der Waals surface area contributed by atoms with E-state index in [1.165, 1.54) is 0 Å². The third-order valence-corrected chi connectivity index (χ3v) is 3.53. The van der Waals surface area contributed by atoms with E-state index in [0.717, 1.165) is 18.2 Å². The number of hydrogen-bond acceptors (Lipinski definition) is 3. The van der Waals surface area contributed by atoms with Crippen LogP contribution in [0.4, 0.5) is 5.69 Å². The number of rotatable bonds is 3. The highest BCUT2D eigenvalue weighted by atomic mass is 16.3. The van der Waals surface area contributed by atoms with Crippen LogP contribution in [0.1, 0.15) is 30.3 Å². The van der Waals surface area contributed by atoms with Gasteiger partial charge in [0.1, 0.15) is 5.58 Å². The number of amides is 1. The Morgan fingerprint density at radius 2 is 2.33 bits per heavy atom. The molecule has 1 aromatic carbocycles. The number of nitrogen functional groups attached to an aromatic ring is 1. The first-order valence-electron chi connectivity index (χ1n) is 6.27. The van der Waals surface area contributed by atoms with Crippen molar-refractivity contribution in [1.29, 1.82) is 0 Å². The van der Waals surface area contributed by atoms with Gasteiger partial charge in [0.15, 0.2) is 5.76 Å². The van der Waals surface area contributed by atoms with Crippen LogP contribution in [0.25, 0.3) is 11.0 Å². The van der Waals surface area contributed by atoms with Crippen molar-refractivity contribution in [2.45, 2.75) is 25.8 Å². The molecule has 18 heavy (non-hydrogen) atoms. The SMILES string of the molecule is CCC1CC1NC(=O)c1cc2cc(N)ccc2o1. The molecule has 1 heterocycles. The van der Waals surface area contributed by atoms with Crippen LogP contribution in [0.2, 0.25) is 0 Å². The van der Waals surface area contributed by atoms with Gasteiger partial charge in [-0.3, -0.25) is 4.79 Å². The second kappa shape index (κ2) is 4.05. The Kier molecular flexibility index (Phi) is 2.51. The van der Waals surface area contributed by atoms with Gasteiger partial charge in [0.25, 0.3) is 5.91 Å². The molecule has 3 N–H and O–H groups in total. The summed E-state index contributed by atoms with van der Waals surface area (Å²) < 4.78 is 5.51. The van der Waals surface area contributed by atoms with E-state index in [0.29, 0.717) is 29.0 Å². The van der Waals surface area contributed by atoms with Crippen LogP contribution in [0.3, 0.4) is 0 Å². The van der Waals surface area contributed by atoms with Crippen molar-refractivity contribution >= 4 is 22.6 Å². The topological polar surface area (TPSA) is 68.3 Å². The number of carbonyl (C=O) groups is 1. The van der Waals surface area contributed by atoms with Crippen molar-refractivity contribution < 1.29 is 9.21 Å². The largest absolute Gasteiger partial charge is 0.451 e. The van der Waals surface area contributed by atoms with Crippen molar-refractivity contribution in [1.82, 2.24) is 5.32 Å². The number of carbonyl (C=O) groups excluding carboxylic acids is 1. The summed E-state index contributed by atoms with van der Waals surface area (Å²) in [4.78, 5) is 12.0. The summed E-state index contributed by atoms with van der Waals surface area (Å²) in [6, 6.07) is 7.42. The van der Waals surface area contributed by atoms with Gasteiger partial charge in [-0.25, -0.2) is 0 Å². The summed E-state index contributed by atoms with van der Waals surface area (Å²) >= 11 is 0. The van der Waals surface area contributed by atoms with E-state index < -0.39 is 0 Å². The Morgan fingerprint density at radius 3 is 3.06 bits per heavy atom. The maximum atomic E-state index is 12.0. The molecule has 0 bridgehead atoms. The Bertz CT molecular complexity index is 603. The molecule has 94 valence electrons. The van der Waals surface area contributed by atoms with E-state index in [2.05, 4.69) is 12.2 Å². The van der Waals surface area contributed by atoms with Crippen LogP contribution in [0.5, 0.6) is 0 Å². The second-order valence-electron chi connectivity index (χ2n) is 4.89. The Hall–Kier alpha value is -1.97. The molecule has 4 nitrogen and oxygen atoms in total. The number of nitrogens with one attached hydrogen (secondary N) is 1. The average Bonchev–Trinajstić information content (AvgIpc) is 2.96. The lowest BCUT2D eigenvalue weighted by Gasteiger charge is -2.00. The molecule has 1 amide bonds. The minimum Gasteiger partial charge on any atom is -0.451 e. The smallest absolute Gasteiger partial charge is 0.287 e. The maximum Gasteiger partial charge on any atom is 0.287 e. The van der Waals surface area contributed by atoms with Gasteiger partial charge in [-0.2, -0.15) is 0 Å². The number of anilines is 1. The van der Waals surface area contributed by atoms with Gasteiger partial charge in [0.05, 0.1) is 0 Å². The summed E-state index contributed by atoms with van der Waals surface area (Å²) in [6.07, 6.45) is 2.19. The Morgan fingerprint density at radius 1 is 1.50 bits per heavy atom. The van der Waals surface area contributed by atoms with E-state index in [-0.39, 0.29) is 5.91 Å². The van der Waals surface area contributed by atoms with Crippen molar-refractivity contribution in [3.8, 4) is 0 Å². The lowest BCUT2D eigenvalue weighted by molar-refractivity contribution is 0.0923. The third kappa shape index (κ3) is 1.94. The van der Waals surface area contributed by atoms with Gasteiger partial charge >= 0.3 is 0 Å². The lowest BCUT2D eigenvalue weighted by atomic mass is 10.2. The number of fused-ring (bicyclic) bond motifs is 1. The summed E-state index contributed by atoms with van der Waals surface area (Å²) in [6.45, 7) is 2.14. The van der Waals surface area contributed by atoms with Crippen molar-refractivity contribution in [2.75, 3.05) is 5.73 Å². The summed E-state index contributed by atoms with van der Waals surface area (Å²) in [5.41, 5.74) is 7.06. The van der Waals surface area contributed by atoms with Gasteiger partial charge in [-0.15, -0.1) is 0 Å². The molecule has 2 aromatic rings. The van der Waals surface area contributed by atoms with Crippen molar-refractivity contribution in [2.24, 2.45) is 5.92 Å². The molecule has 1 fully saturated rings. The van der Waals surface area contributed by atoms with E-state index in [9.17, 15) is 4.79 Å². The monoisotopic (exact) mass is 244 g/mol. The Balaban J connectivity index is 1.79. The zero-order chi connectivity index (χ0) is 12.7. The average molecular weight is 244 g/mol. The van der Waals surface area contributed by atoms with Crippen LogP contribution in [0, 0.1) is 5.92 Å². The minimum atomic E-state index is -0.134. The molecule has 1 aromatic heterocycles. The first kappa shape index (κ1) is 11.1. The van der Waals surface area contributed by atoms with E-state index in [1.807, 2.05) is 6.07 Å². The normalized spacial score (nSPS) is 22.1. The van der Waals surface area contributed by atoms with Gasteiger partial charge in [-0.05, 0) is 36.6 Å². The lowest BCUT2D eigenvalue weighted by Crippen LogP contribution is -2.26. The fourth-order valence-corrected chi connectivity index (χ4v) is 2.29. The fourth-order valence-electron chi connectivity index (χ4n) is 2.29. The quantitative estimate of drug-likeness (QED) is 0.815. The molecule has 0 saturated heterocycles. The summed E-state index contributed by atoms with van der Waals surface area (Å²) in [5.74, 6) is 0.858. The summed E-state index contributed by atoms with van der Waals surface area (Å²) in [5, 5.41) is 3.85. The Labute approximate surface area is 105 Å². The molecule has 1 saturated carbocycles. The first-order valence-corrected chi connectivity index (χ1v) is 6.27. The molecule has 4 heteroatoms. The molecule has 0 aliphatic heterocycles. The highest BCUT2D eigenvalue weighted by Gasteiger charge is 2.37. The second-order valence-corrected chi connectivity index (χ2v) is 4.89. The standard InChI is InChI=1S/C14H16N2O2/c1-2-8-6-11(8)16-14(17)13-7-9-5-10(15)3-4-12(9)18-13/h3-5,7-8,11H,2,6,15H2,1H3,(H,16,17). The predicted molar refractivity (Wildman–Crippen MR) is 70.3 cm³/mol. The molecule has 1 aliphatic rings. The first-order chi connectivity index (χ1) is 8.67. The zero-order valence-corrected chi connectivity index (χ0v) is 10.3. The highest BCUT2D eigenvalue weighted by molar-refractivity contribution is 5.96. The van der Waals surface area contributed by atoms with Crippen molar-refractivity contribution in [3.05, 3.63) is 30.0 Å². The molecule has 2 unspecified atom stereocenters. The summed E-state index contributed by atoms with van der Waals surface area (Å²) in [7, 11) is 0. The third-order valence-electron chi connectivity index (χ3n) is 3.53. The van der Waals surface area contributed by atoms with Crippen LogP contribution >= 0.6 is 0 Å². The zero-order valence-electron chi connectivity index (χ0n) is 10.3. The van der Waals surface area contributed by atoms with Crippen LogP contribution < -0.4 is 11.1 Å². The minimum absolute atomic E-state index is 0.134.